The van der Waals surface area contributed by atoms with E-state index in [1.165, 1.54) is 11.8 Å². The Bertz CT molecular complexity index is 987. The number of carbonyl (C=O) groups excluding carboxylic acids is 2. The van der Waals surface area contributed by atoms with Crippen molar-refractivity contribution in [3.8, 4) is 11.4 Å². The van der Waals surface area contributed by atoms with Crippen LogP contribution in [0.3, 0.4) is 0 Å². The lowest BCUT2D eigenvalue weighted by atomic mass is 10.1. The number of carbonyl (C=O) groups is 2. The van der Waals surface area contributed by atoms with Crippen LogP contribution in [0.2, 0.25) is 0 Å². The monoisotopic (exact) mass is 457 g/mol. The van der Waals surface area contributed by atoms with Crippen molar-refractivity contribution in [2.75, 3.05) is 13.7 Å². The fourth-order valence-corrected chi connectivity index (χ4v) is 2.94. The van der Waals surface area contributed by atoms with Gasteiger partial charge in [0.1, 0.15) is 0 Å². The zero-order chi connectivity index (χ0) is 20.8. The topological polar surface area (TPSA) is 82.5 Å². The molecular formula is C21H20BrN3O4. The largest absolute Gasteiger partial charge is 0.493 e. The number of benzene rings is 2. The van der Waals surface area contributed by atoms with Crippen molar-refractivity contribution < 1.29 is 19.1 Å². The van der Waals surface area contributed by atoms with E-state index in [0.29, 0.717) is 0 Å². The maximum absolute atomic E-state index is 12.4. The zero-order valence-electron chi connectivity index (χ0n) is 16.0. The zero-order valence-corrected chi connectivity index (χ0v) is 17.5. The maximum atomic E-state index is 12.4. The summed E-state index contributed by atoms with van der Waals surface area (Å²) in [7, 11) is 1.44. The Hall–Kier alpha value is -3.13. The molecule has 0 saturated carbocycles. The van der Waals surface area contributed by atoms with Crippen LogP contribution in [0.5, 0.6) is 5.75 Å². The molecule has 1 aromatic heterocycles. The standard InChI is InChI=1S/C21H20BrN3O4/c1-14(15-8-10-16(22)11-9-15)23-19(26)13-29-21(27)20-18(28-2)12-25(24-20)17-6-4-3-5-7-17/h3-12,14H,13H2,1-2H3,(H,23,26). The van der Waals surface area contributed by atoms with Crippen molar-refractivity contribution in [2.24, 2.45) is 0 Å². The van der Waals surface area contributed by atoms with Crippen molar-refractivity contribution in [1.82, 2.24) is 15.1 Å². The number of ether oxygens (including phenoxy) is 2. The molecule has 7 nitrogen and oxygen atoms in total. The third-order valence-corrected chi connectivity index (χ3v) is 4.73. The summed E-state index contributed by atoms with van der Waals surface area (Å²) in [6.45, 7) is 1.44. The lowest BCUT2D eigenvalue weighted by molar-refractivity contribution is -0.124. The SMILES string of the molecule is COc1cn(-c2ccccc2)nc1C(=O)OCC(=O)NC(C)c1ccc(Br)cc1. The minimum Gasteiger partial charge on any atom is -0.493 e. The van der Waals surface area contributed by atoms with Crippen LogP contribution in [0.25, 0.3) is 5.69 Å². The van der Waals surface area contributed by atoms with Gasteiger partial charge in [-0.2, -0.15) is 5.10 Å². The third kappa shape index (κ3) is 5.23. The molecule has 0 bridgehead atoms. The summed E-state index contributed by atoms with van der Waals surface area (Å²) >= 11 is 3.37. The lowest BCUT2D eigenvalue weighted by Gasteiger charge is -2.14. The molecule has 0 saturated heterocycles. The Morgan fingerprint density at radius 2 is 1.83 bits per heavy atom. The minimum atomic E-state index is -0.733. The number of nitrogens with zero attached hydrogens (tertiary/aromatic N) is 2. The van der Waals surface area contributed by atoms with Gasteiger partial charge in [-0.05, 0) is 36.8 Å². The van der Waals surface area contributed by atoms with E-state index < -0.39 is 18.5 Å². The molecule has 0 aliphatic carbocycles. The van der Waals surface area contributed by atoms with Gasteiger partial charge in [0.25, 0.3) is 5.91 Å². The average Bonchev–Trinajstić information content (AvgIpc) is 3.18. The maximum Gasteiger partial charge on any atom is 0.363 e. The van der Waals surface area contributed by atoms with Crippen LogP contribution in [-0.4, -0.2) is 35.4 Å². The number of rotatable bonds is 7. The van der Waals surface area contributed by atoms with Crippen molar-refractivity contribution in [1.29, 1.82) is 0 Å². The van der Waals surface area contributed by atoms with Crippen LogP contribution in [0.15, 0.2) is 65.3 Å². The van der Waals surface area contributed by atoms with Crippen LogP contribution in [-0.2, 0) is 9.53 Å². The number of hydrogen-bond donors (Lipinski definition) is 1. The number of aromatic nitrogens is 2. The fourth-order valence-electron chi connectivity index (χ4n) is 2.68. The van der Waals surface area contributed by atoms with Crippen molar-refractivity contribution in [3.05, 3.63) is 76.5 Å². The molecule has 29 heavy (non-hydrogen) atoms. The van der Waals surface area contributed by atoms with Crippen LogP contribution in [0.4, 0.5) is 0 Å². The van der Waals surface area contributed by atoms with Gasteiger partial charge in [0.15, 0.2) is 12.4 Å². The second kappa shape index (κ2) is 9.38. The van der Waals surface area contributed by atoms with Gasteiger partial charge in [-0.3, -0.25) is 4.79 Å². The highest BCUT2D eigenvalue weighted by Crippen LogP contribution is 2.20. The van der Waals surface area contributed by atoms with Gasteiger partial charge in [-0.15, -0.1) is 0 Å². The Balaban J connectivity index is 1.61. The van der Waals surface area contributed by atoms with Crippen LogP contribution < -0.4 is 10.1 Å². The molecule has 1 unspecified atom stereocenters. The number of amides is 1. The number of nitrogens with one attached hydrogen (secondary N) is 1. The Labute approximate surface area is 176 Å². The molecule has 150 valence electrons. The van der Waals surface area contributed by atoms with Crippen molar-refractivity contribution >= 4 is 27.8 Å². The molecule has 0 aliphatic heterocycles. The van der Waals surface area contributed by atoms with Crippen LogP contribution in [0.1, 0.15) is 29.0 Å². The lowest BCUT2D eigenvalue weighted by Crippen LogP contribution is -2.31. The summed E-state index contributed by atoms with van der Waals surface area (Å²) in [6.07, 6.45) is 1.58. The molecule has 2 aromatic carbocycles. The molecule has 1 N–H and O–H groups in total. The molecule has 0 spiro atoms. The van der Waals surface area contributed by atoms with E-state index in [0.717, 1.165) is 15.7 Å². The van der Waals surface area contributed by atoms with Gasteiger partial charge in [0.05, 0.1) is 25.0 Å². The summed E-state index contributed by atoms with van der Waals surface area (Å²) < 4.78 is 12.8. The predicted molar refractivity (Wildman–Crippen MR) is 111 cm³/mol. The molecular weight excluding hydrogens is 438 g/mol. The van der Waals surface area contributed by atoms with E-state index in [4.69, 9.17) is 9.47 Å². The highest BCUT2D eigenvalue weighted by Gasteiger charge is 2.21. The Kier molecular flexibility index (Phi) is 6.66. The number of esters is 1. The Morgan fingerprint density at radius 3 is 2.48 bits per heavy atom. The molecule has 0 aliphatic rings. The smallest absolute Gasteiger partial charge is 0.363 e. The quantitative estimate of drug-likeness (QED) is 0.547. The van der Waals surface area contributed by atoms with E-state index in [1.807, 2.05) is 61.5 Å². The summed E-state index contributed by atoms with van der Waals surface area (Å²) in [6, 6.07) is 16.7. The Morgan fingerprint density at radius 1 is 1.14 bits per heavy atom. The second-order valence-corrected chi connectivity index (χ2v) is 7.16. The highest BCUT2D eigenvalue weighted by atomic mass is 79.9. The van der Waals surface area contributed by atoms with Gasteiger partial charge in [-0.1, -0.05) is 46.3 Å². The molecule has 1 amide bonds. The molecule has 0 radical (unpaired) electrons. The first-order chi connectivity index (χ1) is 14.0. The van der Waals surface area contributed by atoms with Gasteiger partial charge in [0.2, 0.25) is 5.69 Å². The predicted octanol–water partition coefficient (Wildman–Crippen LogP) is 3.68. The van der Waals surface area contributed by atoms with E-state index in [-0.39, 0.29) is 17.5 Å². The summed E-state index contributed by atoms with van der Waals surface area (Å²) in [4.78, 5) is 24.6. The van der Waals surface area contributed by atoms with Gasteiger partial charge in [0, 0.05) is 4.47 Å². The molecule has 1 atom stereocenters. The van der Waals surface area contributed by atoms with Gasteiger partial charge in [-0.25, -0.2) is 9.48 Å². The minimum absolute atomic E-state index is 0.00473. The van der Waals surface area contributed by atoms with Crippen LogP contribution in [0, 0.1) is 0 Å². The second-order valence-electron chi connectivity index (χ2n) is 6.24. The number of para-hydroxylation sites is 1. The van der Waals surface area contributed by atoms with Crippen molar-refractivity contribution in [2.45, 2.75) is 13.0 Å². The first kappa shape index (κ1) is 20.6. The molecule has 1 heterocycles. The first-order valence-electron chi connectivity index (χ1n) is 8.89. The number of methoxy groups -OCH3 is 1. The fraction of sp³-hybridized carbons (Fsp3) is 0.190. The van der Waals surface area contributed by atoms with Gasteiger partial charge < -0.3 is 14.8 Å². The van der Waals surface area contributed by atoms with Crippen LogP contribution >= 0.6 is 15.9 Å². The number of hydrogen-bond acceptors (Lipinski definition) is 5. The summed E-state index contributed by atoms with van der Waals surface area (Å²) in [5, 5.41) is 7.02. The number of halogens is 1. The van der Waals surface area contributed by atoms with E-state index in [1.54, 1.807) is 6.20 Å². The highest BCUT2D eigenvalue weighted by molar-refractivity contribution is 9.10. The first-order valence-corrected chi connectivity index (χ1v) is 9.68. The summed E-state index contributed by atoms with van der Waals surface area (Å²) in [5.74, 6) is -0.874. The van der Waals surface area contributed by atoms with E-state index in [2.05, 4.69) is 26.3 Å². The van der Waals surface area contributed by atoms with Crippen molar-refractivity contribution in [3.63, 3.8) is 0 Å². The third-order valence-electron chi connectivity index (χ3n) is 4.20. The molecule has 8 heteroatoms. The van der Waals surface area contributed by atoms with E-state index >= 15 is 0 Å². The molecule has 3 rings (SSSR count). The van der Waals surface area contributed by atoms with E-state index in [9.17, 15) is 9.59 Å². The van der Waals surface area contributed by atoms with Gasteiger partial charge >= 0.3 is 5.97 Å². The average molecular weight is 458 g/mol. The molecule has 3 aromatic rings. The summed E-state index contributed by atoms with van der Waals surface area (Å²) in [5.41, 5.74) is 1.71. The molecule has 0 fully saturated rings. The normalized spacial score (nSPS) is 11.6.